The largest absolute Gasteiger partial charge is 0.310 e. The highest BCUT2D eigenvalue weighted by atomic mass is 79.9. The topological polar surface area (TPSA) is 24.9 Å². The lowest BCUT2D eigenvalue weighted by atomic mass is 9.99. The lowest BCUT2D eigenvalue weighted by molar-refractivity contribution is 0.525. The molecule has 1 aromatic carbocycles. The smallest absolute Gasteiger partial charge is 0.124 e. The van der Waals surface area contributed by atoms with Crippen molar-refractivity contribution in [2.45, 2.75) is 25.8 Å². The Morgan fingerprint density at radius 2 is 2.20 bits per heavy atom. The van der Waals surface area contributed by atoms with Gasteiger partial charge in [0.15, 0.2) is 0 Å². The molecular weight excluding hydrogens is 319 g/mol. The van der Waals surface area contributed by atoms with Gasteiger partial charge in [-0.3, -0.25) is 4.98 Å². The molecule has 0 aliphatic carbocycles. The zero-order chi connectivity index (χ0) is 14.4. The van der Waals surface area contributed by atoms with Crippen LogP contribution in [0, 0.1) is 5.82 Å². The second-order valence-electron chi connectivity index (χ2n) is 4.74. The van der Waals surface area contributed by atoms with Gasteiger partial charge < -0.3 is 5.32 Å². The lowest BCUT2D eigenvalue weighted by Crippen LogP contribution is -2.24. The van der Waals surface area contributed by atoms with E-state index >= 15 is 0 Å². The van der Waals surface area contributed by atoms with Crippen molar-refractivity contribution in [2.75, 3.05) is 6.54 Å². The van der Waals surface area contributed by atoms with Crippen LogP contribution in [0.3, 0.4) is 0 Å². The minimum Gasteiger partial charge on any atom is -0.310 e. The number of halogens is 2. The van der Waals surface area contributed by atoms with E-state index in [1.54, 1.807) is 6.20 Å². The number of aromatic nitrogens is 1. The number of pyridine rings is 1. The molecule has 0 fully saturated rings. The predicted molar refractivity (Wildman–Crippen MR) is 83.1 cm³/mol. The van der Waals surface area contributed by atoms with E-state index < -0.39 is 0 Å². The van der Waals surface area contributed by atoms with Gasteiger partial charge in [0.2, 0.25) is 0 Å². The van der Waals surface area contributed by atoms with Crippen LogP contribution in [0.2, 0.25) is 0 Å². The summed E-state index contributed by atoms with van der Waals surface area (Å²) in [5.41, 5.74) is 2.24. The molecule has 0 amide bonds. The molecule has 1 N–H and O–H groups in total. The Morgan fingerprint density at radius 1 is 1.35 bits per heavy atom. The van der Waals surface area contributed by atoms with Gasteiger partial charge in [0, 0.05) is 22.9 Å². The fourth-order valence-electron chi connectivity index (χ4n) is 2.15. The van der Waals surface area contributed by atoms with E-state index in [2.05, 4.69) is 39.2 Å². The van der Waals surface area contributed by atoms with Crippen molar-refractivity contribution in [2.24, 2.45) is 0 Å². The third kappa shape index (κ3) is 4.12. The summed E-state index contributed by atoms with van der Waals surface area (Å²) >= 11 is 3.46. The summed E-state index contributed by atoms with van der Waals surface area (Å²) < 4.78 is 14.0. The van der Waals surface area contributed by atoms with Crippen LogP contribution < -0.4 is 5.32 Å². The first kappa shape index (κ1) is 15.1. The fraction of sp³-hybridized carbons (Fsp3) is 0.312. The summed E-state index contributed by atoms with van der Waals surface area (Å²) in [6, 6.07) is 9.00. The Bertz CT molecular complexity index is 545. The first-order valence-corrected chi connectivity index (χ1v) is 7.57. The molecule has 0 saturated heterocycles. The first-order chi connectivity index (χ1) is 9.70. The van der Waals surface area contributed by atoms with E-state index in [0.717, 1.165) is 35.0 Å². The second kappa shape index (κ2) is 7.50. The molecule has 1 aromatic heterocycles. The van der Waals surface area contributed by atoms with Crippen LogP contribution in [0.5, 0.6) is 0 Å². The van der Waals surface area contributed by atoms with Crippen molar-refractivity contribution >= 4 is 15.9 Å². The van der Waals surface area contributed by atoms with Crippen molar-refractivity contribution < 1.29 is 4.39 Å². The average molecular weight is 337 g/mol. The predicted octanol–water partition coefficient (Wildman–Crippen LogP) is 4.27. The summed E-state index contributed by atoms with van der Waals surface area (Å²) in [5, 5.41) is 3.51. The van der Waals surface area contributed by atoms with Crippen molar-refractivity contribution in [1.82, 2.24) is 10.3 Å². The minimum absolute atomic E-state index is 0.147. The van der Waals surface area contributed by atoms with Crippen LogP contribution >= 0.6 is 15.9 Å². The molecule has 0 radical (unpaired) electrons. The van der Waals surface area contributed by atoms with E-state index in [-0.39, 0.29) is 11.9 Å². The first-order valence-electron chi connectivity index (χ1n) is 6.78. The monoisotopic (exact) mass is 336 g/mol. The van der Waals surface area contributed by atoms with Crippen molar-refractivity contribution in [3.8, 4) is 0 Å². The number of benzene rings is 1. The van der Waals surface area contributed by atoms with Gasteiger partial charge in [0.05, 0.1) is 0 Å². The Kier molecular flexibility index (Phi) is 5.68. The van der Waals surface area contributed by atoms with Crippen LogP contribution in [0.1, 0.15) is 30.5 Å². The molecule has 2 aromatic rings. The van der Waals surface area contributed by atoms with Gasteiger partial charge in [-0.15, -0.1) is 0 Å². The van der Waals surface area contributed by atoms with Crippen LogP contribution in [0.15, 0.2) is 47.2 Å². The fourth-order valence-corrected chi connectivity index (χ4v) is 2.78. The number of hydrogen-bond acceptors (Lipinski definition) is 2. The Morgan fingerprint density at radius 3 is 2.85 bits per heavy atom. The Hall–Kier alpha value is -1.26. The summed E-state index contributed by atoms with van der Waals surface area (Å²) in [4.78, 5) is 4.15. The highest BCUT2D eigenvalue weighted by Gasteiger charge is 2.15. The highest BCUT2D eigenvalue weighted by Crippen LogP contribution is 2.27. The SMILES string of the molecule is CCCNC(Cc1cccnc1)c1ccc(F)cc1Br. The van der Waals surface area contributed by atoms with Gasteiger partial charge >= 0.3 is 0 Å². The van der Waals surface area contributed by atoms with E-state index in [1.807, 2.05) is 18.3 Å². The standard InChI is InChI=1S/C16H18BrFN2/c1-2-7-20-16(9-12-4-3-8-19-11-12)14-6-5-13(18)10-15(14)17/h3-6,8,10-11,16,20H,2,7,9H2,1H3. The van der Waals surface area contributed by atoms with Gasteiger partial charge in [0.25, 0.3) is 0 Å². The van der Waals surface area contributed by atoms with Crippen LogP contribution in [-0.4, -0.2) is 11.5 Å². The third-order valence-electron chi connectivity index (χ3n) is 3.14. The molecule has 1 atom stereocenters. The maximum atomic E-state index is 13.2. The molecule has 0 saturated carbocycles. The number of nitrogens with one attached hydrogen (secondary N) is 1. The van der Waals surface area contributed by atoms with Crippen molar-refractivity contribution in [3.63, 3.8) is 0 Å². The number of nitrogens with zero attached hydrogens (tertiary/aromatic N) is 1. The highest BCUT2D eigenvalue weighted by molar-refractivity contribution is 9.10. The van der Waals surface area contributed by atoms with E-state index in [1.165, 1.54) is 12.1 Å². The normalized spacial score (nSPS) is 12.3. The minimum atomic E-state index is -0.226. The maximum Gasteiger partial charge on any atom is 0.124 e. The van der Waals surface area contributed by atoms with Crippen LogP contribution in [0.4, 0.5) is 4.39 Å². The zero-order valence-electron chi connectivity index (χ0n) is 11.4. The van der Waals surface area contributed by atoms with E-state index in [0.29, 0.717) is 0 Å². The summed E-state index contributed by atoms with van der Waals surface area (Å²) in [6.45, 7) is 3.06. The Labute approximate surface area is 127 Å². The quantitative estimate of drug-likeness (QED) is 0.852. The second-order valence-corrected chi connectivity index (χ2v) is 5.59. The van der Waals surface area contributed by atoms with Gasteiger partial charge in [0.1, 0.15) is 5.82 Å². The van der Waals surface area contributed by atoms with E-state index in [9.17, 15) is 4.39 Å². The van der Waals surface area contributed by atoms with Gasteiger partial charge in [-0.2, -0.15) is 0 Å². The van der Waals surface area contributed by atoms with Gasteiger partial charge in [-0.1, -0.05) is 35.0 Å². The summed E-state index contributed by atoms with van der Waals surface area (Å²) in [6.07, 6.45) is 5.53. The van der Waals surface area contributed by atoms with Crippen LogP contribution in [0.25, 0.3) is 0 Å². The summed E-state index contributed by atoms with van der Waals surface area (Å²) in [7, 11) is 0. The van der Waals surface area contributed by atoms with Crippen molar-refractivity contribution in [1.29, 1.82) is 0 Å². The van der Waals surface area contributed by atoms with E-state index in [4.69, 9.17) is 0 Å². The molecular formula is C16H18BrFN2. The van der Waals surface area contributed by atoms with Gasteiger partial charge in [-0.05, 0) is 48.7 Å². The summed E-state index contributed by atoms with van der Waals surface area (Å²) in [5.74, 6) is -0.226. The molecule has 0 spiro atoms. The van der Waals surface area contributed by atoms with Gasteiger partial charge in [-0.25, -0.2) is 4.39 Å². The third-order valence-corrected chi connectivity index (χ3v) is 3.83. The zero-order valence-corrected chi connectivity index (χ0v) is 13.0. The molecule has 1 unspecified atom stereocenters. The van der Waals surface area contributed by atoms with Crippen molar-refractivity contribution in [3.05, 3.63) is 64.1 Å². The molecule has 0 bridgehead atoms. The van der Waals surface area contributed by atoms with Crippen LogP contribution in [-0.2, 0) is 6.42 Å². The molecule has 20 heavy (non-hydrogen) atoms. The molecule has 2 rings (SSSR count). The Balaban J connectivity index is 2.22. The molecule has 106 valence electrons. The average Bonchev–Trinajstić information content (AvgIpc) is 2.45. The molecule has 1 heterocycles. The number of rotatable bonds is 6. The lowest BCUT2D eigenvalue weighted by Gasteiger charge is -2.20. The molecule has 0 aliphatic heterocycles. The maximum absolute atomic E-state index is 13.2. The molecule has 2 nitrogen and oxygen atoms in total. The molecule has 0 aliphatic rings. The number of hydrogen-bond donors (Lipinski definition) is 1. The molecule has 4 heteroatoms.